The molecule has 21 heavy (non-hydrogen) atoms. The average molecular weight is 288 g/mol. The van der Waals surface area contributed by atoms with Crippen molar-refractivity contribution in [3.63, 3.8) is 0 Å². The minimum Gasteiger partial charge on any atom is -0.478 e. The minimum atomic E-state index is -0.989. The number of aliphatic carboxylic acids is 1. The van der Waals surface area contributed by atoms with Crippen LogP contribution in [-0.4, -0.2) is 17.0 Å². The number of esters is 1. The van der Waals surface area contributed by atoms with Crippen LogP contribution in [0.3, 0.4) is 0 Å². The lowest BCUT2D eigenvalue weighted by Gasteiger charge is -2.24. The SMILES string of the molecule is CC1CCC(C(=O)Oc2ccc(C=CC(=O)O)cc2)CC1. The second-order valence-corrected chi connectivity index (χ2v) is 5.62. The van der Waals surface area contributed by atoms with E-state index in [0.29, 0.717) is 11.7 Å². The van der Waals surface area contributed by atoms with Crippen molar-refractivity contribution in [1.82, 2.24) is 0 Å². The summed E-state index contributed by atoms with van der Waals surface area (Å²) < 4.78 is 5.39. The zero-order chi connectivity index (χ0) is 15.2. The topological polar surface area (TPSA) is 63.6 Å². The van der Waals surface area contributed by atoms with Crippen LogP contribution in [0.1, 0.15) is 38.2 Å². The van der Waals surface area contributed by atoms with E-state index in [1.807, 2.05) is 0 Å². The maximum Gasteiger partial charge on any atom is 0.328 e. The van der Waals surface area contributed by atoms with Crippen molar-refractivity contribution in [2.45, 2.75) is 32.6 Å². The van der Waals surface area contributed by atoms with Crippen LogP contribution < -0.4 is 4.74 Å². The lowest BCUT2D eigenvalue weighted by Crippen LogP contribution is -2.24. The van der Waals surface area contributed by atoms with E-state index >= 15 is 0 Å². The molecule has 0 aromatic heterocycles. The van der Waals surface area contributed by atoms with Crippen molar-refractivity contribution in [3.8, 4) is 5.75 Å². The first-order chi connectivity index (χ1) is 10.0. The fraction of sp³-hybridized carbons (Fsp3) is 0.412. The molecule has 0 saturated heterocycles. The van der Waals surface area contributed by atoms with Gasteiger partial charge in [0.15, 0.2) is 0 Å². The molecule has 1 aliphatic carbocycles. The van der Waals surface area contributed by atoms with E-state index in [9.17, 15) is 9.59 Å². The van der Waals surface area contributed by atoms with Gasteiger partial charge in [-0.25, -0.2) is 4.79 Å². The van der Waals surface area contributed by atoms with Crippen LogP contribution in [0, 0.1) is 11.8 Å². The highest BCUT2D eigenvalue weighted by Gasteiger charge is 2.25. The zero-order valence-corrected chi connectivity index (χ0v) is 12.1. The number of ether oxygens (including phenoxy) is 1. The van der Waals surface area contributed by atoms with E-state index in [1.54, 1.807) is 24.3 Å². The van der Waals surface area contributed by atoms with Crippen LogP contribution in [0.2, 0.25) is 0 Å². The van der Waals surface area contributed by atoms with Crippen molar-refractivity contribution in [3.05, 3.63) is 35.9 Å². The summed E-state index contributed by atoms with van der Waals surface area (Å²) in [6.07, 6.45) is 6.54. The first kappa shape index (κ1) is 15.3. The standard InChI is InChI=1S/C17H20O4/c1-12-2-7-14(8-3-12)17(20)21-15-9-4-13(5-10-15)6-11-16(18)19/h4-6,9-12,14H,2-3,7-8H2,1H3,(H,18,19). The van der Waals surface area contributed by atoms with E-state index in [-0.39, 0.29) is 11.9 Å². The number of carboxylic acids is 1. The van der Waals surface area contributed by atoms with Gasteiger partial charge in [0.2, 0.25) is 0 Å². The van der Waals surface area contributed by atoms with Crippen LogP contribution >= 0.6 is 0 Å². The molecule has 1 saturated carbocycles. The molecule has 1 fully saturated rings. The molecule has 0 unspecified atom stereocenters. The number of carboxylic acid groups (broad SMARTS) is 1. The van der Waals surface area contributed by atoms with Gasteiger partial charge in [-0.05, 0) is 55.4 Å². The third-order valence-corrected chi connectivity index (χ3v) is 3.87. The number of carbonyl (C=O) groups excluding carboxylic acids is 1. The largest absolute Gasteiger partial charge is 0.478 e. The number of hydrogen-bond donors (Lipinski definition) is 1. The molecule has 1 aromatic carbocycles. The van der Waals surface area contributed by atoms with E-state index in [4.69, 9.17) is 9.84 Å². The molecular weight excluding hydrogens is 268 g/mol. The van der Waals surface area contributed by atoms with Gasteiger partial charge >= 0.3 is 11.9 Å². The first-order valence-corrected chi connectivity index (χ1v) is 7.27. The summed E-state index contributed by atoms with van der Waals surface area (Å²) in [5.41, 5.74) is 0.753. The molecule has 4 heteroatoms. The van der Waals surface area contributed by atoms with E-state index in [2.05, 4.69) is 6.92 Å². The molecule has 112 valence electrons. The van der Waals surface area contributed by atoms with Crippen LogP contribution in [-0.2, 0) is 9.59 Å². The van der Waals surface area contributed by atoms with E-state index < -0.39 is 5.97 Å². The Morgan fingerprint density at radius 1 is 1.14 bits per heavy atom. The Kier molecular flexibility index (Phi) is 5.14. The van der Waals surface area contributed by atoms with Crippen molar-refractivity contribution in [1.29, 1.82) is 0 Å². The predicted octanol–water partition coefficient (Wildman–Crippen LogP) is 3.52. The van der Waals surface area contributed by atoms with Gasteiger partial charge in [-0.3, -0.25) is 4.79 Å². The fourth-order valence-electron chi connectivity index (χ4n) is 2.51. The van der Waals surface area contributed by atoms with Gasteiger partial charge < -0.3 is 9.84 Å². The number of benzene rings is 1. The molecule has 1 aromatic rings. The Labute approximate surface area is 124 Å². The molecule has 0 spiro atoms. The molecule has 0 bridgehead atoms. The lowest BCUT2D eigenvalue weighted by atomic mass is 9.83. The molecule has 4 nitrogen and oxygen atoms in total. The van der Waals surface area contributed by atoms with Crippen molar-refractivity contribution < 1.29 is 19.4 Å². The van der Waals surface area contributed by atoms with Crippen LogP contribution in [0.15, 0.2) is 30.3 Å². The van der Waals surface area contributed by atoms with Crippen molar-refractivity contribution in [2.75, 3.05) is 0 Å². The quantitative estimate of drug-likeness (QED) is 0.523. The monoisotopic (exact) mass is 288 g/mol. The highest BCUT2D eigenvalue weighted by molar-refractivity contribution is 5.85. The summed E-state index contributed by atoms with van der Waals surface area (Å²) in [4.78, 5) is 22.5. The summed E-state index contributed by atoms with van der Waals surface area (Å²) in [6.45, 7) is 2.21. The molecular formula is C17H20O4. The molecule has 0 radical (unpaired) electrons. The molecule has 0 aliphatic heterocycles. The second kappa shape index (κ2) is 7.07. The lowest BCUT2D eigenvalue weighted by molar-refractivity contribution is -0.140. The van der Waals surface area contributed by atoms with Crippen molar-refractivity contribution in [2.24, 2.45) is 11.8 Å². The Balaban J connectivity index is 1.91. The number of carbonyl (C=O) groups is 2. The van der Waals surface area contributed by atoms with Gasteiger partial charge in [-0.2, -0.15) is 0 Å². The van der Waals surface area contributed by atoms with Gasteiger partial charge in [0, 0.05) is 6.08 Å². The van der Waals surface area contributed by atoms with Gasteiger partial charge in [0.05, 0.1) is 5.92 Å². The maximum atomic E-state index is 12.1. The molecule has 0 amide bonds. The number of hydrogen-bond acceptors (Lipinski definition) is 3. The maximum absolute atomic E-state index is 12.1. The molecule has 0 heterocycles. The zero-order valence-electron chi connectivity index (χ0n) is 12.1. The third kappa shape index (κ3) is 4.74. The summed E-state index contributed by atoms with van der Waals surface area (Å²) in [5, 5.41) is 8.56. The highest BCUT2D eigenvalue weighted by Crippen LogP contribution is 2.29. The van der Waals surface area contributed by atoms with Gasteiger partial charge in [-0.15, -0.1) is 0 Å². The summed E-state index contributed by atoms with van der Waals surface area (Å²) in [6, 6.07) is 6.83. The van der Waals surface area contributed by atoms with Crippen molar-refractivity contribution >= 4 is 18.0 Å². The van der Waals surface area contributed by atoms with Crippen LogP contribution in [0.25, 0.3) is 6.08 Å². The normalized spacial score (nSPS) is 22.1. The predicted molar refractivity (Wildman–Crippen MR) is 79.9 cm³/mol. The molecule has 1 N–H and O–H groups in total. The Bertz CT molecular complexity index is 522. The third-order valence-electron chi connectivity index (χ3n) is 3.87. The van der Waals surface area contributed by atoms with E-state index in [0.717, 1.165) is 37.3 Å². The highest BCUT2D eigenvalue weighted by atomic mass is 16.5. The Hall–Kier alpha value is -2.10. The van der Waals surface area contributed by atoms with Gasteiger partial charge in [0.1, 0.15) is 5.75 Å². The van der Waals surface area contributed by atoms with Crippen LogP contribution in [0.4, 0.5) is 0 Å². The summed E-state index contributed by atoms with van der Waals surface area (Å²) >= 11 is 0. The summed E-state index contributed by atoms with van der Waals surface area (Å²) in [5.74, 6) is 0.0704. The smallest absolute Gasteiger partial charge is 0.328 e. The van der Waals surface area contributed by atoms with Gasteiger partial charge in [0.25, 0.3) is 0 Å². The van der Waals surface area contributed by atoms with Gasteiger partial charge in [-0.1, -0.05) is 19.1 Å². The fourth-order valence-corrected chi connectivity index (χ4v) is 2.51. The van der Waals surface area contributed by atoms with Crippen LogP contribution in [0.5, 0.6) is 5.75 Å². The molecule has 2 rings (SSSR count). The van der Waals surface area contributed by atoms with E-state index in [1.165, 1.54) is 6.08 Å². The molecule has 0 atom stereocenters. The Morgan fingerprint density at radius 2 is 1.76 bits per heavy atom. The second-order valence-electron chi connectivity index (χ2n) is 5.62. The molecule has 1 aliphatic rings. The Morgan fingerprint density at radius 3 is 2.33 bits per heavy atom. The first-order valence-electron chi connectivity index (χ1n) is 7.27. The number of rotatable bonds is 4. The minimum absolute atomic E-state index is 0.00721. The summed E-state index contributed by atoms with van der Waals surface area (Å²) in [7, 11) is 0. The average Bonchev–Trinajstić information content (AvgIpc) is 2.47.